The van der Waals surface area contributed by atoms with E-state index in [0.29, 0.717) is 23.0 Å². The van der Waals surface area contributed by atoms with E-state index in [1.807, 2.05) is 12.1 Å². The average Bonchev–Trinajstić information content (AvgIpc) is 3.00. The molecule has 0 radical (unpaired) electrons. The van der Waals surface area contributed by atoms with Crippen molar-refractivity contribution in [1.82, 2.24) is 4.90 Å². The SMILES string of the molecule is CCCCCCCCOc1ccc(/C=C2\SC(=S)N(C(C)C(=O)O)C2=O)cc1OC. The van der Waals surface area contributed by atoms with Crippen LogP contribution >= 0.6 is 24.0 Å². The Kier molecular flexibility index (Phi) is 9.65. The van der Waals surface area contributed by atoms with Crippen molar-refractivity contribution in [2.24, 2.45) is 0 Å². The fourth-order valence-electron chi connectivity index (χ4n) is 3.03. The first kappa shape index (κ1) is 24.2. The molecule has 1 unspecified atom stereocenters. The number of aliphatic carboxylic acids is 1. The lowest BCUT2D eigenvalue weighted by Gasteiger charge is -2.18. The Hall–Kier alpha value is -2.06. The van der Waals surface area contributed by atoms with Crippen LogP contribution in [0.4, 0.5) is 0 Å². The molecule has 0 aromatic heterocycles. The highest BCUT2D eigenvalue weighted by Crippen LogP contribution is 2.35. The number of carbonyl (C=O) groups excluding carboxylic acids is 1. The van der Waals surface area contributed by atoms with Gasteiger partial charge in [0.1, 0.15) is 10.4 Å². The highest BCUT2D eigenvalue weighted by Gasteiger charge is 2.38. The predicted molar refractivity (Wildman–Crippen MR) is 124 cm³/mol. The first-order valence-electron chi connectivity index (χ1n) is 10.2. The van der Waals surface area contributed by atoms with Gasteiger partial charge in [-0.25, -0.2) is 4.79 Å². The monoisotopic (exact) mass is 451 g/mol. The van der Waals surface area contributed by atoms with E-state index < -0.39 is 17.9 Å². The summed E-state index contributed by atoms with van der Waals surface area (Å²) in [6, 6.07) is 4.45. The molecule has 1 aromatic carbocycles. The third kappa shape index (κ3) is 6.47. The van der Waals surface area contributed by atoms with E-state index in [0.717, 1.165) is 35.1 Å². The molecule has 0 aliphatic carbocycles. The molecule has 1 aliphatic heterocycles. The van der Waals surface area contributed by atoms with E-state index in [1.165, 1.54) is 32.6 Å². The number of thioether (sulfide) groups is 1. The van der Waals surface area contributed by atoms with Gasteiger partial charge in [-0.3, -0.25) is 9.69 Å². The second-order valence-corrected chi connectivity index (χ2v) is 8.77. The summed E-state index contributed by atoms with van der Waals surface area (Å²) >= 11 is 6.29. The number of amides is 1. The smallest absolute Gasteiger partial charge is 0.326 e. The second kappa shape index (κ2) is 12.0. The molecule has 1 fully saturated rings. The number of carbonyl (C=O) groups is 2. The summed E-state index contributed by atoms with van der Waals surface area (Å²) in [5.41, 5.74) is 0.752. The normalized spacial score (nSPS) is 16.2. The third-order valence-corrected chi connectivity index (χ3v) is 6.14. The van der Waals surface area contributed by atoms with Crippen LogP contribution in [0.2, 0.25) is 0 Å². The van der Waals surface area contributed by atoms with Crippen molar-refractivity contribution in [3.8, 4) is 11.5 Å². The first-order valence-corrected chi connectivity index (χ1v) is 11.4. The zero-order valence-corrected chi connectivity index (χ0v) is 19.3. The van der Waals surface area contributed by atoms with Crippen LogP contribution in [-0.4, -0.2) is 46.0 Å². The van der Waals surface area contributed by atoms with Crippen LogP contribution in [0, 0.1) is 0 Å². The van der Waals surface area contributed by atoms with Crippen LogP contribution in [0.5, 0.6) is 11.5 Å². The molecule has 1 aromatic rings. The van der Waals surface area contributed by atoms with Gasteiger partial charge in [-0.15, -0.1) is 0 Å². The molecule has 1 N–H and O–H groups in total. The molecule has 1 heterocycles. The van der Waals surface area contributed by atoms with Crippen molar-refractivity contribution in [3.63, 3.8) is 0 Å². The highest BCUT2D eigenvalue weighted by atomic mass is 32.2. The second-order valence-electron chi connectivity index (χ2n) is 7.09. The molecular formula is C22H29NO5S2. The van der Waals surface area contributed by atoms with E-state index in [4.69, 9.17) is 21.7 Å². The van der Waals surface area contributed by atoms with Gasteiger partial charge < -0.3 is 14.6 Å². The highest BCUT2D eigenvalue weighted by molar-refractivity contribution is 8.26. The van der Waals surface area contributed by atoms with Crippen LogP contribution in [0.25, 0.3) is 6.08 Å². The molecule has 30 heavy (non-hydrogen) atoms. The van der Waals surface area contributed by atoms with E-state index >= 15 is 0 Å². The maximum atomic E-state index is 12.6. The van der Waals surface area contributed by atoms with Crippen molar-refractivity contribution in [1.29, 1.82) is 0 Å². The molecule has 0 bridgehead atoms. The lowest BCUT2D eigenvalue weighted by atomic mass is 10.1. The summed E-state index contributed by atoms with van der Waals surface area (Å²) in [5, 5.41) is 9.18. The van der Waals surface area contributed by atoms with Gasteiger partial charge in [0, 0.05) is 0 Å². The number of ether oxygens (including phenoxy) is 2. The predicted octanol–water partition coefficient (Wildman–Crippen LogP) is 5.11. The molecule has 6 nitrogen and oxygen atoms in total. The molecule has 0 saturated carbocycles. The minimum atomic E-state index is -1.10. The summed E-state index contributed by atoms with van der Waals surface area (Å²) < 4.78 is 11.5. The Labute approximate surface area is 187 Å². The number of hydrogen-bond acceptors (Lipinski definition) is 6. The summed E-state index contributed by atoms with van der Waals surface area (Å²) in [4.78, 5) is 25.3. The van der Waals surface area contributed by atoms with Gasteiger partial charge in [0.05, 0.1) is 18.6 Å². The Morgan fingerprint density at radius 2 is 1.93 bits per heavy atom. The minimum absolute atomic E-state index is 0.243. The van der Waals surface area contributed by atoms with Crippen molar-refractivity contribution in [2.75, 3.05) is 13.7 Å². The zero-order valence-electron chi connectivity index (χ0n) is 17.7. The lowest BCUT2D eigenvalue weighted by Crippen LogP contribution is -2.41. The van der Waals surface area contributed by atoms with Crippen LogP contribution in [-0.2, 0) is 9.59 Å². The van der Waals surface area contributed by atoms with E-state index in [2.05, 4.69) is 6.92 Å². The van der Waals surface area contributed by atoms with Crippen LogP contribution in [0.1, 0.15) is 57.9 Å². The lowest BCUT2D eigenvalue weighted by molar-refractivity contribution is -0.144. The standard InChI is InChI=1S/C22H29NO5S2/c1-4-5-6-7-8-9-12-28-17-11-10-16(13-18(17)27-3)14-19-20(24)23(22(29)30-19)15(2)21(25)26/h10-11,13-15H,4-9,12H2,1-3H3,(H,25,26)/b19-14-. The maximum absolute atomic E-state index is 12.6. The summed E-state index contributed by atoms with van der Waals surface area (Å²) in [6.07, 6.45) is 8.86. The topological polar surface area (TPSA) is 76.1 Å². The maximum Gasteiger partial charge on any atom is 0.326 e. The Morgan fingerprint density at radius 1 is 1.23 bits per heavy atom. The van der Waals surface area contributed by atoms with Crippen molar-refractivity contribution in [2.45, 2.75) is 58.4 Å². The van der Waals surface area contributed by atoms with Crippen molar-refractivity contribution < 1.29 is 24.2 Å². The minimum Gasteiger partial charge on any atom is -0.493 e. The number of thiocarbonyl (C=S) groups is 1. The number of hydrogen-bond donors (Lipinski definition) is 1. The molecule has 164 valence electrons. The first-order chi connectivity index (χ1) is 14.4. The summed E-state index contributed by atoms with van der Waals surface area (Å²) in [5.74, 6) is -0.247. The molecule has 2 rings (SSSR count). The average molecular weight is 452 g/mol. The van der Waals surface area contributed by atoms with Crippen molar-refractivity contribution in [3.05, 3.63) is 28.7 Å². The number of rotatable bonds is 12. The summed E-state index contributed by atoms with van der Waals surface area (Å²) in [6.45, 7) is 4.28. The molecule has 1 atom stereocenters. The summed E-state index contributed by atoms with van der Waals surface area (Å²) in [7, 11) is 1.57. The number of carboxylic acids is 1. The fourth-order valence-corrected chi connectivity index (χ4v) is 4.45. The van der Waals surface area contributed by atoms with Crippen LogP contribution in [0.3, 0.4) is 0 Å². The number of benzene rings is 1. The Balaban J connectivity index is 2.01. The van der Waals surface area contributed by atoms with E-state index in [1.54, 1.807) is 19.3 Å². The van der Waals surface area contributed by atoms with Gasteiger partial charge in [0.25, 0.3) is 5.91 Å². The van der Waals surface area contributed by atoms with E-state index in [-0.39, 0.29) is 4.32 Å². The number of carboxylic acid groups (broad SMARTS) is 1. The molecular weight excluding hydrogens is 422 g/mol. The molecule has 1 amide bonds. The largest absolute Gasteiger partial charge is 0.493 e. The Morgan fingerprint density at radius 3 is 2.60 bits per heavy atom. The van der Waals surface area contributed by atoms with Gasteiger partial charge in [-0.05, 0) is 37.1 Å². The molecule has 0 spiro atoms. The van der Waals surface area contributed by atoms with Gasteiger partial charge >= 0.3 is 5.97 Å². The Bertz CT molecular complexity index is 809. The molecule has 1 aliphatic rings. The van der Waals surface area contributed by atoms with Gasteiger partial charge in [-0.2, -0.15) is 0 Å². The number of unbranched alkanes of at least 4 members (excludes halogenated alkanes) is 5. The van der Waals surface area contributed by atoms with Crippen LogP contribution < -0.4 is 9.47 Å². The van der Waals surface area contributed by atoms with Crippen molar-refractivity contribution >= 4 is 46.3 Å². The van der Waals surface area contributed by atoms with Gasteiger partial charge in [-0.1, -0.05) is 69.1 Å². The number of nitrogens with zero attached hydrogens (tertiary/aromatic N) is 1. The van der Waals surface area contributed by atoms with Gasteiger partial charge in [0.2, 0.25) is 0 Å². The van der Waals surface area contributed by atoms with Crippen LogP contribution in [0.15, 0.2) is 23.1 Å². The van der Waals surface area contributed by atoms with Gasteiger partial charge in [0.15, 0.2) is 11.5 Å². The quantitative estimate of drug-likeness (QED) is 0.269. The fraction of sp³-hybridized carbons (Fsp3) is 0.500. The third-order valence-electron chi connectivity index (χ3n) is 4.81. The zero-order chi connectivity index (χ0) is 22.1. The number of methoxy groups -OCH3 is 1. The van der Waals surface area contributed by atoms with E-state index in [9.17, 15) is 14.7 Å². The molecule has 8 heteroatoms. The molecule has 1 saturated heterocycles.